The van der Waals surface area contributed by atoms with Crippen molar-refractivity contribution in [1.82, 2.24) is 0 Å². The second-order valence-corrected chi connectivity index (χ2v) is 3.88. The average Bonchev–Trinajstić information content (AvgIpc) is 2.30. The molecule has 0 bridgehead atoms. The van der Waals surface area contributed by atoms with Crippen LogP contribution in [-0.2, 0) is 14.2 Å². The first-order valence-electron chi connectivity index (χ1n) is 5.38. The van der Waals surface area contributed by atoms with Crippen molar-refractivity contribution < 1.29 is 29.2 Å². The maximum atomic E-state index is 11.0. The molecule has 0 saturated heterocycles. The van der Waals surface area contributed by atoms with Gasteiger partial charge in [0.1, 0.15) is 6.10 Å². The summed E-state index contributed by atoms with van der Waals surface area (Å²) >= 11 is 0. The molecule has 0 heterocycles. The summed E-state index contributed by atoms with van der Waals surface area (Å²) in [5.74, 6) is 0. The lowest BCUT2D eigenvalue weighted by molar-refractivity contribution is -0.0549. The summed E-state index contributed by atoms with van der Waals surface area (Å²) in [5, 5.41) is 19.3. The van der Waals surface area contributed by atoms with E-state index in [1.54, 1.807) is 6.08 Å². The minimum atomic E-state index is -0.806. The molecule has 0 aromatic carbocycles. The van der Waals surface area contributed by atoms with Gasteiger partial charge in [-0.15, -0.1) is 0 Å². The zero-order valence-electron chi connectivity index (χ0n) is 9.91. The van der Waals surface area contributed by atoms with Crippen molar-refractivity contribution in [3.63, 3.8) is 0 Å². The number of aliphatic hydroxyl groups is 2. The van der Waals surface area contributed by atoms with Crippen LogP contribution in [0.15, 0.2) is 12.2 Å². The summed E-state index contributed by atoms with van der Waals surface area (Å²) in [7, 11) is 2.67. The molecule has 0 radical (unpaired) electrons. The molecule has 1 aliphatic carbocycles. The molecule has 2 N–H and O–H groups in total. The van der Waals surface area contributed by atoms with Crippen LogP contribution in [0.1, 0.15) is 12.8 Å². The molecular formula is C11H18O6. The highest BCUT2D eigenvalue weighted by Gasteiger charge is 2.28. The maximum absolute atomic E-state index is 11.0. The molecule has 0 aromatic heterocycles. The van der Waals surface area contributed by atoms with E-state index in [4.69, 9.17) is 9.47 Å². The third-order valence-corrected chi connectivity index (χ3v) is 2.64. The van der Waals surface area contributed by atoms with Crippen LogP contribution in [0, 0.1) is 0 Å². The fraction of sp³-hybridized carbons (Fsp3) is 0.727. The lowest BCUT2D eigenvalue weighted by atomic mass is 9.97. The first-order chi connectivity index (χ1) is 8.06. The standard InChI is InChI=1S/C11H18O6/c1-15-10-6-8(17-11(14)16-2)4-3-7(12)5-9(10)13/h3-4,7-10,12-13H,5-6H2,1-2H3/b4-3+. The molecule has 0 saturated carbocycles. The fourth-order valence-corrected chi connectivity index (χ4v) is 1.71. The zero-order chi connectivity index (χ0) is 12.8. The lowest BCUT2D eigenvalue weighted by Crippen LogP contribution is -2.36. The SMILES string of the molecule is COC(=O)OC1/C=C/C(O)CC(O)C(OC)C1. The van der Waals surface area contributed by atoms with Crippen LogP contribution in [0.3, 0.4) is 0 Å². The first-order valence-corrected chi connectivity index (χ1v) is 5.38. The van der Waals surface area contributed by atoms with Gasteiger partial charge in [0.2, 0.25) is 0 Å². The summed E-state index contributed by atoms with van der Waals surface area (Å²) in [6.45, 7) is 0. The molecule has 4 atom stereocenters. The third kappa shape index (κ3) is 4.33. The van der Waals surface area contributed by atoms with Gasteiger partial charge >= 0.3 is 6.16 Å². The van der Waals surface area contributed by atoms with Crippen molar-refractivity contribution in [3.8, 4) is 0 Å². The van der Waals surface area contributed by atoms with Gasteiger partial charge in [0.05, 0.1) is 25.4 Å². The number of methoxy groups -OCH3 is 2. The van der Waals surface area contributed by atoms with Crippen molar-refractivity contribution in [2.24, 2.45) is 0 Å². The van der Waals surface area contributed by atoms with Gasteiger partial charge in [0, 0.05) is 20.0 Å². The normalized spacial score (nSPS) is 35.5. The minimum Gasteiger partial charge on any atom is -0.438 e. The summed E-state index contributed by atoms with van der Waals surface area (Å²) < 4.78 is 14.4. The molecule has 0 aliphatic heterocycles. The van der Waals surface area contributed by atoms with Crippen LogP contribution < -0.4 is 0 Å². The second kappa shape index (κ2) is 6.58. The van der Waals surface area contributed by atoms with E-state index in [0.29, 0.717) is 6.42 Å². The van der Waals surface area contributed by atoms with Crippen molar-refractivity contribution in [1.29, 1.82) is 0 Å². The van der Waals surface area contributed by atoms with Crippen LogP contribution in [0.4, 0.5) is 4.79 Å². The second-order valence-electron chi connectivity index (χ2n) is 3.88. The molecular weight excluding hydrogens is 228 g/mol. The van der Waals surface area contributed by atoms with E-state index in [1.165, 1.54) is 20.3 Å². The molecule has 0 fully saturated rings. The quantitative estimate of drug-likeness (QED) is 0.535. The van der Waals surface area contributed by atoms with Gasteiger partial charge in [0.25, 0.3) is 0 Å². The van der Waals surface area contributed by atoms with E-state index >= 15 is 0 Å². The van der Waals surface area contributed by atoms with E-state index in [2.05, 4.69) is 4.74 Å². The molecule has 0 spiro atoms. The molecule has 17 heavy (non-hydrogen) atoms. The van der Waals surface area contributed by atoms with Gasteiger partial charge in [-0.05, 0) is 6.08 Å². The molecule has 1 aliphatic rings. The van der Waals surface area contributed by atoms with Crippen molar-refractivity contribution in [3.05, 3.63) is 12.2 Å². The number of ether oxygens (including phenoxy) is 3. The monoisotopic (exact) mass is 246 g/mol. The molecule has 6 nitrogen and oxygen atoms in total. The molecule has 4 unspecified atom stereocenters. The number of rotatable bonds is 2. The number of carbonyl (C=O) groups excluding carboxylic acids is 1. The van der Waals surface area contributed by atoms with Crippen molar-refractivity contribution >= 4 is 6.16 Å². The van der Waals surface area contributed by atoms with Crippen LogP contribution in [0.5, 0.6) is 0 Å². The highest BCUT2D eigenvalue weighted by molar-refractivity contribution is 5.60. The highest BCUT2D eigenvalue weighted by Crippen LogP contribution is 2.18. The predicted molar refractivity (Wildman–Crippen MR) is 58.5 cm³/mol. The number of hydrogen-bond acceptors (Lipinski definition) is 6. The Kier molecular flexibility index (Phi) is 5.40. The lowest BCUT2D eigenvalue weighted by Gasteiger charge is -2.27. The van der Waals surface area contributed by atoms with Crippen molar-refractivity contribution in [2.45, 2.75) is 37.3 Å². The van der Waals surface area contributed by atoms with E-state index in [9.17, 15) is 15.0 Å². The Morgan fingerprint density at radius 3 is 2.53 bits per heavy atom. The maximum Gasteiger partial charge on any atom is 0.508 e. The zero-order valence-corrected chi connectivity index (χ0v) is 9.91. The minimum absolute atomic E-state index is 0.194. The summed E-state index contributed by atoms with van der Waals surface area (Å²) in [6.07, 6.45) is 0.0914. The van der Waals surface area contributed by atoms with Gasteiger partial charge < -0.3 is 24.4 Å². The smallest absolute Gasteiger partial charge is 0.438 e. The molecule has 6 heteroatoms. The fourth-order valence-electron chi connectivity index (χ4n) is 1.71. The Morgan fingerprint density at radius 1 is 1.24 bits per heavy atom. The van der Waals surface area contributed by atoms with Gasteiger partial charge in [-0.2, -0.15) is 0 Å². The predicted octanol–water partition coefficient (Wildman–Crippen LogP) is 0.225. The number of carbonyl (C=O) groups is 1. The van der Waals surface area contributed by atoms with E-state index in [0.717, 1.165) is 0 Å². The summed E-state index contributed by atoms with van der Waals surface area (Å²) in [6, 6.07) is 0. The Balaban J connectivity index is 2.71. The Morgan fingerprint density at radius 2 is 1.94 bits per heavy atom. The third-order valence-electron chi connectivity index (χ3n) is 2.64. The van der Waals surface area contributed by atoms with Gasteiger partial charge in [-0.25, -0.2) is 4.79 Å². The van der Waals surface area contributed by atoms with Gasteiger partial charge in [-0.1, -0.05) is 6.08 Å². The number of hydrogen-bond donors (Lipinski definition) is 2. The van der Waals surface area contributed by atoms with Crippen molar-refractivity contribution in [2.75, 3.05) is 14.2 Å². The summed E-state index contributed by atoms with van der Waals surface area (Å²) in [5.41, 5.74) is 0. The number of aliphatic hydroxyl groups excluding tert-OH is 2. The largest absolute Gasteiger partial charge is 0.508 e. The Bertz CT molecular complexity index is 277. The average molecular weight is 246 g/mol. The molecule has 0 amide bonds. The Hall–Kier alpha value is -1.11. The van der Waals surface area contributed by atoms with E-state index < -0.39 is 30.6 Å². The van der Waals surface area contributed by atoms with Crippen LogP contribution in [-0.4, -0.2) is 55.0 Å². The van der Waals surface area contributed by atoms with Gasteiger partial charge in [-0.3, -0.25) is 0 Å². The van der Waals surface area contributed by atoms with Crippen LogP contribution >= 0.6 is 0 Å². The Labute approximate surface area is 99.8 Å². The molecule has 1 rings (SSSR count). The summed E-state index contributed by atoms with van der Waals surface area (Å²) in [4.78, 5) is 11.0. The van der Waals surface area contributed by atoms with Crippen LogP contribution in [0.2, 0.25) is 0 Å². The molecule has 0 aromatic rings. The topological polar surface area (TPSA) is 85.2 Å². The molecule has 98 valence electrons. The van der Waals surface area contributed by atoms with E-state index in [1.807, 2.05) is 0 Å². The van der Waals surface area contributed by atoms with Gasteiger partial charge in [0.15, 0.2) is 0 Å². The highest BCUT2D eigenvalue weighted by atomic mass is 16.7. The first kappa shape index (κ1) is 14.0. The van der Waals surface area contributed by atoms with Crippen LogP contribution in [0.25, 0.3) is 0 Å². The van der Waals surface area contributed by atoms with E-state index in [-0.39, 0.29) is 6.42 Å².